The topological polar surface area (TPSA) is 91.0 Å². The number of piperidine rings is 1. The molecule has 31 heavy (non-hydrogen) atoms. The van der Waals surface area contributed by atoms with E-state index in [9.17, 15) is 14.4 Å². The van der Waals surface area contributed by atoms with Crippen molar-refractivity contribution in [3.05, 3.63) is 81.1 Å². The summed E-state index contributed by atoms with van der Waals surface area (Å²) in [5, 5.41) is 1.71. The van der Waals surface area contributed by atoms with E-state index in [0.29, 0.717) is 29.9 Å². The van der Waals surface area contributed by atoms with Crippen molar-refractivity contribution in [1.29, 1.82) is 0 Å². The van der Waals surface area contributed by atoms with Crippen LogP contribution in [0.5, 0.6) is 0 Å². The molecule has 1 fully saturated rings. The van der Waals surface area contributed by atoms with Crippen molar-refractivity contribution in [2.75, 3.05) is 13.1 Å². The molecule has 0 radical (unpaired) electrons. The molecule has 2 aromatic heterocycles. The van der Waals surface area contributed by atoms with Gasteiger partial charge in [-0.05, 0) is 42.5 Å². The summed E-state index contributed by atoms with van der Waals surface area (Å²) in [4.78, 5) is 44.7. The number of H-pyrrole nitrogens is 2. The molecule has 0 spiro atoms. The van der Waals surface area contributed by atoms with E-state index in [4.69, 9.17) is 0 Å². The number of nitrogens with one attached hydrogen (secondary N) is 2. The Morgan fingerprint density at radius 2 is 1.68 bits per heavy atom. The molecule has 158 valence electrons. The maximum atomic E-state index is 12.8. The molecule has 2 N–H and O–H groups in total. The smallest absolute Gasteiger partial charge is 0.328 e. The first-order chi connectivity index (χ1) is 15.1. The van der Waals surface area contributed by atoms with Crippen molar-refractivity contribution in [3.63, 3.8) is 0 Å². The molecule has 1 saturated heterocycles. The molecule has 2 aromatic carbocycles. The molecule has 7 heteroatoms. The van der Waals surface area contributed by atoms with E-state index in [1.165, 1.54) is 15.5 Å². The monoisotopic (exact) mass is 416 g/mol. The maximum Gasteiger partial charge on any atom is 0.328 e. The van der Waals surface area contributed by atoms with Gasteiger partial charge in [0.2, 0.25) is 5.91 Å². The third kappa shape index (κ3) is 3.56. The zero-order chi connectivity index (χ0) is 21.4. The van der Waals surface area contributed by atoms with E-state index in [-0.39, 0.29) is 18.9 Å². The highest BCUT2D eigenvalue weighted by molar-refractivity contribution is 5.84. The number of hydrogen-bond donors (Lipinski definition) is 2. The van der Waals surface area contributed by atoms with Gasteiger partial charge in [-0.3, -0.25) is 19.1 Å². The highest BCUT2D eigenvalue weighted by Gasteiger charge is 2.25. The van der Waals surface area contributed by atoms with Crippen LogP contribution in [0.15, 0.2) is 64.3 Å². The maximum absolute atomic E-state index is 12.8. The molecule has 0 unspecified atom stereocenters. The van der Waals surface area contributed by atoms with Crippen molar-refractivity contribution >= 4 is 27.7 Å². The summed E-state index contributed by atoms with van der Waals surface area (Å²) in [5.41, 5.74) is 2.16. The van der Waals surface area contributed by atoms with Gasteiger partial charge < -0.3 is 9.88 Å². The van der Waals surface area contributed by atoms with Crippen LogP contribution in [0.2, 0.25) is 0 Å². The number of para-hydroxylation sites is 2. The minimum atomic E-state index is -0.477. The Balaban J connectivity index is 1.25. The van der Waals surface area contributed by atoms with Crippen LogP contribution in [0.3, 0.4) is 0 Å². The molecular formula is C24H24N4O3. The number of aromatic amines is 2. The standard InChI is InChI=1S/C24H24N4O3/c29-22(11-14-28-21-8-4-2-6-18(21)23(30)26-24(28)31)27-12-9-16(10-13-27)19-15-25-20-7-3-1-5-17(19)20/h1-8,15-16,25H,9-14H2,(H,26,30,31). The predicted octanol–water partition coefficient (Wildman–Crippen LogP) is 2.97. The average Bonchev–Trinajstić information content (AvgIpc) is 3.23. The average molecular weight is 416 g/mol. The number of rotatable bonds is 4. The molecule has 0 aliphatic carbocycles. The second-order valence-electron chi connectivity index (χ2n) is 8.12. The van der Waals surface area contributed by atoms with Crippen LogP contribution in [-0.2, 0) is 11.3 Å². The van der Waals surface area contributed by atoms with Gasteiger partial charge in [0.1, 0.15) is 0 Å². The minimum absolute atomic E-state index is 0.0413. The lowest BCUT2D eigenvalue weighted by atomic mass is 9.89. The van der Waals surface area contributed by atoms with E-state index in [1.807, 2.05) is 11.0 Å². The summed E-state index contributed by atoms with van der Waals surface area (Å²) >= 11 is 0. The second-order valence-corrected chi connectivity index (χ2v) is 8.12. The van der Waals surface area contributed by atoms with Crippen LogP contribution in [0.4, 0.5) is 0 Å². The molecule has 0 bridgehead atoms. The summed E-state index contributed by atoms with van der Waals surface area (Å²) in [6, 6.07) is 15.3. The summed E-state index contributed by atoms with van der Waals surface area (Å²) in [6.45, 7) is 1.67. The van der Waals surface area contributed by atoms with Gasteiger partial charge in [0, 0.05) is 43.2 Å². The SMILES string of the molecule is O=C(CCn1c(=O)[nH]c(=O)c2ccccc21)N1CCC(c2c[nH]c3ccccc23)CC1. The van der Waals surface area contributed by atoms with Gasteiger partial charge in [0.25, 0.3) is 5.56 Å². The fourth-order valence-corrected chi connectivity index (χ4v) is 4.70. The minimum Gasteiger partial charge on any atom is -0.361 e. The molecule has 1 aliphatic heterocycles. The highest BCUT2D eigenvalue weighted by Crippen LogP contribution is 2.33. The Hall–Kier alpha value is -3.61. The van der Waals surface area contributed by atoms with E-state index >= 15 is 0 Å². The summed E-state index contributed by atoms with van der Waals surface area (Å²) < 4.78 is 1.48. The molecule has 7 nitrogen and oxygen atoms in total. The lowest BCUT2D eigenvalue weighted by Gasteiger charge is -2.32. The Labute approximate surface area is 178 Å². The molecular weight excluding hydrogens is 392 g/mol. The molecule has 5 rings (SSSR count). The van der Waals surface area contributed by atoms with Crippen LogP contribution >= 0.6 is 0 Å². The van der Waals surface area contributed by atoms with Crippen LogP contribution in [0.1, 0.15) is 30.7 Å². The number of fused-ring (bicyclic) bond motifs is 2. The van der Waals surface area contributed by atoms with Crippen molar-refractivity contribution in [2.24, 2.45) is 0 Å². The number of carbonyl (C=O) groups excluding carboxylic acids is 1. The largest absolute Gasteiger partial charge is 0.361 e. The second kappa shape index (κ2) is 7.91. The molecule has 1 amide bonds. The number of amides is 1. The zero-order valence-corrected chi connectivity index (χ0v) is 17.1. The Bertz CT molecular complexity index is 1370. The molecule has 4 aromatic rings. The van der Waals surface area contributed by atoms with Crippen molar-refractivity contribution in [2.45, 2.75) is 31.7 Å². The van der Waals surface area contributed by atoms with Crippen molar-refractivity contribution in [3.8, 4) is 0 Å². The van der Waals surface area contributed by atoms with Gasteiger partial charge in [0.05, 0.1) is 10.9 Å². The van der Waals surface area contributed by atoms with Gasteiger partial charge in [-0.25, -0.2) is 4.79 Å². The zero-order valence-electron chi connectivity index (χ0n) is 17.1. The van der Waals surface area contributed by atoms with E-state index < -0.39 is 11.2 Å². The number of aromatic nitrogens is 3. The van der Waals surface area contributed by atoms with Gasteiger partial charge in [-0.15, -0.1) is 0 Å². The fraction of sp³-hybridized carbons (Fsp3) is 0.292. The fourth-order valence-electron chi connectivity index (χ4n) is 4.70. The number of nitrogens with zero attached hydrogens (tertiary/aromatic N) is 2. The van der Waals surface area contributed by atoms with Crippen LogP contribution in [0.25, 0.3) is 21.8 Å². The summed E-state index contributed by atoms with van der Waals surface area (Å²) in [5.74, 6) is 0.477. The van der Waals surface area contributed by atoms with E-state index in [1.54, 1.807) is 24.3 Å². The highest BCUT2D eigenvalue weighted by atomic mass is 16.2. The van der Waals surface area contributed by atoms with Crippen molar-refractivity contribution in [1.82, 2.24) is 19.4 Å². The third-order valence-corrected chi connectivity index (χ3v) is 6.36. The number of carbonyl (C=O) groups is 1. The lowest BCUT2D eigenvalue weighted by molar-refractivity contribution is -0.132. The van der Waals surface area contributed by atoms with Crippen LogP contribution in [-0.4, -0.2) is 38.4 Å². The normalized spacial score (nSPS) is 15.0. The van der Waals surface area contributed by atoms with Crippen LogP contribution < -0.4 is 11.2 Å². The molecule has 0 atom stereocenters. The predicted molar refractivity (Wildman–Crippen MR) is 120 cm³/mol. The first-order valence-corrected chi connectivity index (χ1v) is 10.7. The van der Waals surface area contributed by atoms with E-state index in [0.717, 1.165) is 18.4 Å². The molecule has 0 saturated carbocycles. The first-order valence-electron chi connectivity index (χ1n) is 10.7. The van der Waals surface area contributed by atoms with Crippen LogP contribution in [0, 0.1) is 0 Å². The Morgan fingerprint density at radius 1 is 0.968 bits per heavy atom. The number of hydrogen-bond acceptors (Lipinski definition) is 3. The summed E-state index contributed by atoms with van der Waals surface area (Å²) in [7, 11) is 0. The van der Waals surface area contributed by atoms with Gasteiger partial charge in [-0.2, -0.15) is 0 Å². The van der Waals surface area contributed by atoms with Gasteiger partial charge in [-0.1, -0.05) is 30.3 Å². The third-order valence-electron chi connectivity index (χ3n) is 6.36. The quantitative estimate of drug-likeness (QED) is 0.536. The lowest BCUT2D eigenvalue weighted by Crippen LogP contribution is -2.39. The number of aryl methyl sites for hydroxylation is 1. The Morgan fingerprint density at radius 3 is 2.48 bits per heavy atom. The van der Waals surface area contributed by atoms with Crippen molar-refractivity contribution < 1.29 is 4.79 Å². The van der Waals surface area contributed by atoms with Gasteiger partial charge in [0.15, 0.2) is 0 Å². The molecule has 1 aliphatic rings. The number of likely N-dealkylation sites (tertiary alicyclic amines) is 1. The molecule has 3 heterocycles. The van der Waals surface area contributed by atoms with E-state index in [2.05, 4.69) is 34.4 Å². The van der Waals surface area contributed by atoms with Gasteiger partial charge >= 0.3 is 5.69 Å². The Kier molecular flexibility index (Phi) is 4.94. The summed E-state index contributed by atoms with van der Waals surface area (Å²) in [6.07, 6.45) is 4.18. The number of benzene rings is 2. The first kappa shape index (κ1) is 19.4.